The van der Waals surface area contributed by atoms with E-state index < -0.39 is 41.7 Å². The number of carbonyl (C=O) groups excluding carboxylic acids is 2. The minimum Gasteiger partial charge on any atom is -0.342 e. The zero-order valence-electron chi connectivity index (χ0n) is 12.2. The van der Waals surface area contributed by atoms with Crippen LogP contribution in [0.3, 0.4) is 0 Å². The molecule has 1 fully saturated rings. The summed E-state index contributed by atoms with van der Waals surface area (Å²) in [5, 5.41) is 1.82. The van der Waals surface area contributed by atoms with Gasteiger partial charge in [0, 0.05) is 5.75 Å². The standard InChI is InChI=1S/C14H14F4N2O3S/c15-9-4-2-1-3-8(9)5-11-13(22)19-10(6-24-11)12(21)20-23-7-14(16,17)18/h1-4,10-11H,5-7H2,(H,19,22)(H,20,21). The first-order valence-electron chi connectivity index (χ1n) is 6.90. The summed E-state index contributed by atoms with van der Waals surface area (Å²) in [6.45, 7) is -1.62. The van der Waals surface area contributed by atoms with Crippen molar-refractivity contribution in [1.29, 1.82) is 0 Å². The van der Waals surface area contributed by atoms with E-state index in [-0.39, 0.29) is 12.2 Å². The first-order valence-corrected chi connectivity index (χ1v) is 7.95. The van der Waals surface area contributed by atoms with Gasteiger partial charge in [-0.2, -0.15) is 13.2 Å². The van der Waals surface area contributed by atoms with Gasteiger partial charge >= 0.3 is 6.18 Å². The van der Waals surface area contributed by atoms with E-state index in [9.17, 15) is 27.2 Å². The van der Waals surface area contributed by atoms with E-state index in [4.69, 9.17) is 0 Å². The Bertz CT molecular complexity index is 612. The second-order valence-corrected chi connectivity index (χ2v) is 6.28. The molecule has 1 aromatic carbocycles. The second-order valence-electron chi connectivity index (χ2n) is 5.05. The number of alkyl halides is 3. The number of hydrogen-bond acceptors (Lipinski definition) is 4. The Kier molecular flexibility index (Phi) is 6.05. The summed E-state index contributed by atoms with van der Waals surface area (Å²) < 4.78 is 49.4. The SMILES string of the molecule is O=C(NOCC(F)(F)F)C1CSC(Cc2ccccc2F)C(=O)N1. The fraction of sp³-hybridized carbons (Fsp3) is 0.429. The van der Waals surface area contributed by atoms with Crippen LogP contribution in [0.2, 0.25) is 0 Å². The van der Waals surface area contributed by atoms with Crippen LogP contribution < -0.4 is 10.8 Å². The lowest BCUT2D eigenvalue weighted by Gasteiger charge is -2.28. The number of benzene rings is 1. The van der Waals surface area contributed by atoms with Crippen molar-refractivity contribution in [3.05, 3.63) is 35.6 Å². The number of nitrogens with one attached hydrogen (secondary N) is 2. The Labute approximate surface area is 139 Å². The van der Waals surface area contributed by atoms with Crippen LogP contribution in [-0.2, 0) is 20.8 Å². The van der Waals surface area contributed by atoms with Gasteiger partial charge in [0.15, 0.2) is 6.61 Å². The maximum Gasteiger partial charge on any atom is 0.414 e. The number of amides is 2. The highest BCUT2D eigenvalue weighted by Gasteiger charge is 2.34. The molecule has 0 radical (unpaired) electrons. The fourth-order valence-electron chi connectivity index (χ4n) is 2.01. The number of thioether (sulfide) groups is 1. The van der Waals surface area contributed by atoms with Crippen molar-refractivity contribution in [2.75, 3.05) is 12.4 Å². The highest BCUT2D eigenvalue weighted by Crippen LogP contribution is 2.23. The van der Waals surface area contributed by atoms with Gasteiger partial charge in [-0.3, -0.25) is 14.4 Å². The average Bonchev–Trinajstić information content (AvgIpc) is 2.50. The van der Waals surface area contributed by atoms with E-state index in [0.29, 0.717) is 5.56 Å². The molecule has 1 aromatic rings. The van der Waals surface area contributed by atoms with E-state index in [2.05, 4.69) is 10.2 Å². The molecular weight excluding hydrogens is 352 g/mol. The Balaban J connectivity index is 1.83. The van der Waals surface area contributed by atoms with Gasteiger partial charge in [0.1, 0.15) is 11.9 Å². The predicted octanol–water partition coefficient (Wildman–Crippen LogP) is 1.58. The molecule has 2 amide bonds. The van der Waals surface area contributed by atoms with Gasteiger partial charge in [-0.15, -0.1) is 11.8 Å². The summed E-state index contributed by atoms with van der Waals surface area (Å²) >= 11 is 1.13. The topological polar surface area (TPSA) is 67.4 Å². The highest BCUT2D eigenvalue weighted by atomic mass is 32.2. The molecule has 1 aliphatic rings. The largest absolute Gasteiger partial charge is 0.414 e. The van der Waals surface area contributed by atoms with E-state index >= 15 is 0 Å². The third-order valence-electron chi connectivity index (χ3n) is 3.16. The van der Waals surface area contributed by atoms with E-state index in [1.165, 1.54) is 12.1 Å². The van der Waals surface area contributed by atoms with Gasteiger partial charge in [-0.05, 0) is 18.1 Å². The van der Waals surface area contributed by atoms with Crippen LogP contribution in [0.4, 0.5) is 17.6 Å². The number of hydroxylamine groups is 1. The molecule has 5 nitrogen and oxygen atoms in total. The molecule has 1 saturated heterocycles. The van der Waals surface area contributed by atoms with Gasteiger partial charge in [-0.1, -0.05) is 18.2 Å². The van der Waals surface area contributed by atoms with Crippen molar-refractivity contribution in [3.8, 4) is 0 Å². The van der Waals surface area contributed by atoms with Crippen LogP contribution in [0.15, 0.2) is 24.3 Å². The minimum absolute atomic E-state index is 0.145. The normalized spacial score (nSPS) is 21.2. The number of hydrogen-bond donors (Lipinski definition) is 2. The summed E-state index contributed by atoms with van der Waals surface area (Å²) in [5.74, 6) is -1.63. The van der Waals surface area contributed by atoms with E-state index in [0.717, 1.165) is 11.8 Å². The van der Waals surface area contributed by atoms with Crippen molar-refractivity contribution in [1.82, 2.24) is 10.8 Å². The molecule has 132 valence electrons. The zero-order valence-corrected chi connectivity index (χ0v) is 13.0. The highest BCUT2D eigenvalue weighted by molar-refractivity contribution is 8.00. The maximum absolute atomic E-state index is 13.6. The molecule has 1 aliphatic heterocycles. The minimum atomic E-state index is -4.57. The monoisotopic (exact) mass is 366 g/mol. The molecule has 2 atom stereocenters. The van der Waals surface area contributed by atoms with Crippen LogP contribution in [-0.4, -0.2) is 41.6 Å². The summed E-state index contributed by atoms with van der Waals surface area (Å²) in [6.07, 6.45) is -4.41. The van der Waals surface area contributed by atoms with Crippen LogP contribution >= 0.6 is 11.8 Å². The fourth-order valence-corrected chi connectivity index (χ4v) is 3.19. The molecule has 2 unspecified atom stereocenters. The predicted molar refractivity (Wildman–Crippen MR) is 78.4 cm³/mol. The van der Waals surface area contributed by atoms with Crippen molar-refractivity contribution in [2.45, 2.75) is 23.9 Å². The average molecular weight is 366 g/mol. The van der Waals surface area contributed by atoms with Crippen molar-refractivity contribution in [2.24, 2.45) is 0 Å². The second kappa shape index (κ2) is 7.84. The lowest BCUT2D eigenvalue weighted by Crippen LogP contribution is -2.54. The Morgan fingerprint density at radius 2 is 2.08 bits per heavy atom. The molecule has 2 N–H and O–H groups in total. The molecule has 0 bridgehead atoms. The van der Waals surface area contributed by atoms with E-state index in [1.54, 1.807) is 17.6 Å². The van der Waals surface area contributed by atoms with Gasteiger partial charge in [0.2, 0.25) is 5.91 Å². The first kappa shape index (κ1) is 18.5. The van der Waals surface area contributed by atoms with Crippen LogP contribution in [0.25, 0.3) is 0 Å². The summed E-state index contributed by atoms with van der Waals surface area (Å²) in [5.41, 5.74) is 2.03. The molecule has 2 rings (SSSR count). The molecule has 0 aromatic heterocycles. The summed E-state index contributed by atoms with van der Waals surface area (Å²) in [7, 11) is 0. The Hall–Kier alpha value is -1.81. The van der Waals surface area contributed by atoms with Gasteiger partial charge in [0.05, 0.1) is 5.25 Å². The first-order chi connectivity index (χ1) is 11.3. The van der Waals surface area contributed by atoms with E-state index in [1.807, 2.05) is 0 Å². The van der Waals surface area contributed by atoms with Crippen molar-refractivity contribution in [3.63, 3.8) is 0 Å². The van der Waals surface area contributed by atoms with Crippen molar-refractivity contribution < 1.29 is 32.0 Å². The maximum atomic E-state index is 13.6. The smallest absolute Gasteiger partial charge is 0.342 e. The molecule has 0 aliphatic carbocycles. The van der Waals surface area contributed by atoms with Gasteiger partial charge in [0.25, 0.3) is 5.91 Å². The van der Waals surface area contributed by atoms with Crippen LogP contribution in [0, 0.1) is 5.82 Å². The summed E-state index contributed by atoms with van der Waals surface area (Å²) in [4.78, 5) is 27.7. The quantitative estimate of drug-likeness (QED) is 0.613. The van der Waals surface area contributed by atoms with Crippen LogP contribution in [0.5, 0.6) is 0 Å². The number of carbonyl (C=O) groups is 2. The molecule has 24 heavy (non-hydrogen) atoms. The molecule has 0 spiro atoms. The third kappa shape index (κ3) is 5.38. The molecular formula is C14H14F4N2O3S. The third-order valence-corrected chi connectivity index (χ3v) is 4.47. The van der Waals surface area contributed by atoms with Gasteiger partial charge in [-0.25, -0.2) is 9.87 Å². The zero-order chi connectivity index (χ0) is 17.7. The molecule has 0 saturated carbocycles. The van der Waals surface area contributed by atoms with Crippen molar-refractivity contribution >= 4 is 23.6 Å². The van der Waals surface area contributed by atoms with Crippen LogP contribution in [0.1, 0.15) is 5.56 Å². The number of rotatable bonds is 5. The lowest BCUT2D eigenvalue weighted by molar-refractivity contribution is -0.192. The Morgan fingerprint density at radius 3 is 2.71 bits per heavy atom. The number of halogens is 4. The molecule has 10 heteroatoms. The summed E-state index contributed by atoms with van der Waals surface area (Å²) in [6, 6.07) is 5.03. The van der Waals surface area contributed by atoms with Gasteiger partial charge < -0.3 is 5.32 Å². The molecule has 1 heterocycles. The Morgan fingerprint density at radius 1 is 1.38 bits per heavy atom. The lowest BCUT2D eigenvalue weighted by atomic mass is 10.1.